The van der Waals surface area contributed by atoms with Crippen LogP contribution in [0.4, 0.5) is 0 Å². The highest BCUT2D eigenvalue weighted by molar-refractivity contribution is 7.09. The third-order valence-corrected chi connectivity index (χ3v) is 7.72. The largest absolute Gasteiger partial charge is 0.493 e. The van der Waals surface area contributed by atoms with Crippen molar-refractivity contribution in [3.8, 4) is 11.5 Å². The van der Waals surface area contributed by atoms with Gasteiger partial charge in [-0.3, -0.25) is 9.59 Å². The molecule has 2 aromatic heterocycles. The third kappa shape index (κ3) is 6.49. The third-order valence-electron chi connectivity index (χ3n) is 6.72. The second-order valence-corrected chi connectivity index (χ2v) is 10.2. The summed E-state index contributed by atoms with van der Waals surface area (Å²) in [5.74, 6) is 1.58. The number of aryl methyl sites for hydroxylation is 3. The SMILES string of the molecule is COc1cc(CN(C(=O)Cc2c(C)noc2C)[C@H]2CCCCNC2=O)ccc1OCCc1scnc1C. The highest BCUT2D eigenvalue weighted by atomic mass is 32.1. The van der Waals surface area contributed by atoms with Gasteiger partial charge in [0.2, 0.25) is 11.8 Å². The lowest BCUT2D eigenvalue weighted by molar-refractivity contribution is -0.140. The second-order valence-electron chi connectivity index (χ2n) is 9.25. The number of aromatic nitrogens is 2. The van der Waals surface area contributed by atoms with Crippen LogP contribution in [0.1, 0.15) is 52.4 Å². The molecule has 9 nitrogen and oxygen atoms in total. The molecule has 0 saturated carbocycles. The van der Waals surface area contributed by atoms with Crippen LogP contribution in [0, 0.1) is 20.8 Å². The number of nitrogens with one attached hydrogen (secondary N) is 1. The molecule has 1 fully saturated rings. The molecule has 1 saturated heterocycles. The fourth-order valence-electron chi connectivity index (χ4n) is 4.55. The minimum absolute atomic E-state index is 0.116. The molecule has 1 aliphatic rings. The summed E-state index contributed by atoms with van der Waals surface area (Å²) < 4.78 is 16.9. The smallest absolute Gasteiger partial charge is 0.242 e. The van der Waals surface area contributed by atoms with E-state index in [4.69, 9.17) is 14.0 Å². The van der Waals surface area contributed by atoms with Gasteiger partial charge in [-0.2, -0.15) is 0 Å². The van der Waals surface area contributed by atoms with E-state index in [1.165, 1.54) is 4.88 Å². The van der Waals surface area contributed by atoms with Gasteiger partial charge in [0.1, 0.15) is 11.8 Å². The molecule has 3 heterocycles. The molecule has 0 spiro atoms. The first-order valence-electron chi connectivity index (χ1n) is 12.5. The number of hydrogen-bond donors (Lipinski definition) is 1. The summed E-state index contributed by atoms with van der Waals surface area (Å²) in [5, 5.41) is 6.93. The van der Waals surface area contributed by atoms with E-state index in [0.717, 1.165) is 36.1 Å². The average molecular weight is 527 g/mol. The molecule has 198 valence electrons. The average Bonchev–Trinajstić information content (AvgIpc) is 3.36. The molecule has 37 heavy (non-hydrogen) atoms. The van der Waals surface area contributed by atoms with Crippen molar-refractivity contribution in [3.05, 3.63) is 56.9 Å². The van der Waals surface area contributed by atoms with Crippen LogP contribution in [0.2, 0.25) is 0 Å². The molecule has 3 aromatic rings. The number of benzene rings is 1. The summed E-state index contributed by atoms with van der Waals surface area (Å²) in [6.07, 6.45) is 3.28. The molecule has 4 rings (SSSR count). The zero-order valence-corrected chi connectivity index (χ0v) is 22.7. The summed E-state index contributed by atoms with van der Waals surface area (Å²) in [6, 6.07) is 5.11. The van der Waals surface area contributed by atoms with Gasteiger partial charge >= 0.3 is 0 Å². The van der Waals surface area contributed by atoms with Crippen LogP contribution in [0.3, 0.4) is 0 Å². The Hall–Kier alpha value is -3.40. The highest BCUT2D eigenvalue weighted by Crippen LogP contribution is 2.30. The van der Waals surface area contributed by atoms with E-state index in [1.807, 2.05) is 37.6 Å². The Bertz CT molecular complexity index is 1220. The fourth-order valence-corrected chi connectivity index (χ4v) is 5.31. The van der Waals surface area contributed by atoms with Crippen LogP contribution in [0.25, 0.3) is 0 Å². The van der Waals surface area contributed by atoms with Crippen molar-refractivity contribution >= 4 is 23.2 Å². The lowest BCUT2D eigenvalue weighted by Crippen LogP contribution is -2.48. The van der Waals surface area contributed by atoms with E-state index in [9.17, 15) is 9.59 Å². The predicted molar refractivity (Wildman–Crippen MR) is 140 cm³/mol. The number of thiazole rings is 1. The van der Waals surface area contributed by atoms with E-state index in [-0.39, 0.29) is 24.8 Å². The lowest BCUT2D eigenvalue weighted by atomic mass is 10.0. The van der Waals surface area contributed by atoms with E-state index >= 15 is 0 Å². The minimum Gasteiger partial charge on any atom is -0.493 e. The van der Waals surface area contributed by atoms with Crippen molar-refractivity contribution in [3.63, 3.8) is 0 Å². The van der Waals surface area contributed by atoms with Gasteiger partial charge in [0, 0.05) is 30.0 Å². The molecule has 0 bridgehead atoms. The Balaban J connectivity index is 1.52. The zero-order chi connectivity index (χ0) is 26.4. The van der Waals surface area contributed by atoms with Crippen molar-refractivity contribution in [1.82, 2.24) is 20.4 Å². The van der Waals surface area contributed by atoms with Crippen LogP contribution in [-0.4, -0.2) is 53.2 Å². The number of carbonyl (C=O) groups is 2. The molecule has 1 atom stereocenters. The molecule has 1 aliphatic heterocycles. The van der Waals surface area contributed by atoms with E-state index < -0.39 is 6.04 Å². The summed E-state index contributed by atoms with van der Waals surface area (Å²) in [5.41, 5.74) is 5.17. The molecular formula is C27H34N4O5S. The van der Waals surface area contributed by atoms with Crippen LogP contribution >= 0.6 is 11.3 Å². The summed E-state index contributed by atoms with van der Waals surface area (Å²) in [6.45, 7) is 7.02. The number of carbonyl (C=O) groups excluding carboxylic acids is 2. The number of hydrogen-bond acceptors (Lipinski definition) is 8. The number of methoxy groups -OCH3 is 1. The molecule has 1 N–H and O–H groups in total. The molecule has 0 aliphatic carbocycles. The van der Waals surface area contributed by atoms with E-state index in [2.05, 4.69) is 15.5 Å². The van der Waals surface area contributed by atoms with Crippen LogP contribution in [-0.2, 0) is 29.0 Å². The Morgan fingerprint density at radius 3 is 2.76 bits per heavy atom. The first kappa shape index (κ1) is 26.7. The maximum Gasteiger partial charge on any atom is 0.242 e. The van der Waals surface area contributed by atoms with Crippen molar-refractivity contribution in [2.24, 2.45) is 0 Å². The minimum atomic E-state index is -0.542. The number of rotatable bonds is 10. The second kappa shape index (κ2) is 12.2. The first-order chi connectivity index (χ1) is 17.9. The van der Waals surface area contributed by atoms with Gasteiger partial charge in [0.15, 0.2) is 11.5 Å². The van der Waals surface area contributed by atoms with Gasteiger partial charge in [0.25, 0.3) is 0 Å². The van der Waals surface area contributed by atoms with Gasteiger partial charge in [-0.05, 0) is 57.7 Å². The molecule has 10 heteroatoms. The van der Waals surface area contributed by atoms with E-state index in [1.54, 1.807) is 30.3 Å². The Kier molecular flexibility index (Phi) is 8.81. The number of nitrogens with zero attached hydrogens (tertiary/aromatic N) is 3. The van der Waals surface area contributed by atoms with E-state index in [0.29, 0.717) is 42.5 Å². The van der Waals surface area contributed by atoms with Crippen molar-refractivity contribution in [2.75, 3.05) is 20.3 Å². The Morgan fingerprint density at radius 1 is 1.22 bits per heavy atom. The first-order valence-corrected chi connectivity index (χ1v) is 13.4. The van der Waals surface area contributed by atoms with Gasteiger partial charge in [-0.1, -0.05) is 11.2 Å². The fraction of sp³-hybridized carbons (Fsp3) is 0.481. The zero-order valence-electron chi connectivity index (χ0n) is 21.8. The van der Waals surface area contributed by atoms with Crippen LogP contribution in [0.5, 0.6) is 11.5 Å². The quantitative estimate of drug-likeness (QED) is 0.427. The standard InChI is InChI=1S/C27H34N4O5S/c1-17-21(19(3)36-30-17)14-26(32)31(22-7-5-6-11-28-27(22)33)15-20-8-9-23(24(13-20)34-4)35-12-10-25-18(2)29-16-37-25/h8-9,13,16,22H,5-7,10-12,14-15H2,1-4H3,(H,28,33)/t22-/m0/s1. The summed E-state index contributed by atoms with van der Waals surface area (Å²) >= 11 is 1.62. The molecule has 0 unspecified atom stereocenters. The highest BCUT2D eigenvalue weighted by Gasteiger charge is 2.32. The van der Waals surface area contributed by atoms with Crippen molar-refractivity contribution < 1.29 is 23.6 Å². The number of ether oxygens (including phenoxy) is 2. The summed E-state index contributed by atoms with van der Waals surface area (Å²) in [7, 11) is 1.60. The van der Waals surface area contributed by atoms with Crippen molar-refractivity contribution in [1.29, 1.82) is 0 Å². The molecule has 0 radical (unpaired) electrons. The van der Waals surface area contributed by atoms with Crippen LogP contribution in [0.15, 0.2) is 28.2 Å². The lowest BCUT2D eigenvalue weighted by Gasteiger charge is -2.30. The molecule has 1 aromatic carbocycles. The van der Waals surface area contributed by atoms with Gasteiger partial charge < -0.3 is 24.2 Å². The topological polar surface area (TPSA) is 107 Å². The maximum absolute atomic E-state index is 13.6. The van der Waals surface area contributed by atoms with Gasteiger partial charge in [0.05, 0.1) is 37.0 Å². The predicted octanol–water partition coefficient (Wildman–Crippen LogP) is 3.93. The Morgan fingerprint density at radius 2 is 2.05 bits per heavy atom. The maximum atomic E-state index is 13.6. The molecule has 2 amide bonds. The molecular weight excluding hydrogens is 492 g/mol. The monoisotopic (exact) mass is 526 g/mol. The van der Waals surface area contributed by atoms with Gasteiger partial charge in [-0.15, -0.1) is 11.3 Å². The van der Waals surface area contributed by atoms with Gasteiger partial charge in [-0.25, -0.2) is 4.98 Å². The Labute approximate surface area is 221 Å². The van der Waals surface area contributed by atoms with Crippen LogP contribution < -0.4 is 14.8 Å². The van der Waals surface area contributed by atoms with Crippen molar-refractivity contribution in [2.45, 2.75) is 65.5 Å². The normalized spacial score (nSPS) is 15.7. The number of amides is 2. The summed E-state index contributed by atoms with van der Waals surface area (Å²) in [4.78, 5) is 33.7.